The Morgan fingerprint density at radius 1 is 0.667 bits per heavy atom. The van der Waals surface area contributed by atoms with E-state index < -0.39 is 16.6 Å². The summed E-state index contributed by atoms with van der Waals surface area (Å²) in [6.45, 7) is 9.65. The molecule has 0 amide bonds. The van der Waals surface area contributed by atoms with E-state index >= 15 is 0 Å². The van der Waals surface area contributed by atoms with Gasteiger partial charge < -0.3 is 15.6 Å². The van der Waals surface area contributed by atoms with E-state index in [1.165, 1.54) is 76.3 Å². The lowest BCUT2D eigenvalue weighted by molar-refractivity contribution is 0.296. The third-order valence-electron chi connectivity index (χ3n) is 7.22. The van der Waals surface area contributed by atoms with Gasteiger partial charge in [0.1, 0.15) is 0 Å². The van der Waals surface area contributed by atoms with Crippen LogP contribution in [-0.2, 0) is 4.12 Å². The van der Waals surface area contributed by atoms with E-state index in [0.29, 0.717) is 12.1 Å². The molecule has 0 radical (unpaired) electrons. The highest BCUT2D eigenvalue weighted by molar-refractivity contribution is 6.84. The fourth-order valence-corrected chi connectivity index (χ4v) is 14.3. The zero-order valence-corrected chi connectivity index (χ0v) is 20.8. The largest absolute Gasteiger partial charge is 0.455 e. The molecule has 2 unspecified atom stereocenters. The van der Waals surface area contributed by atoms with Crippen LogP contribution in [0, 0.1) is 11.8 Å². The summed E-state index contributed by atoms with van der Waals surface area (Å²) in [5, 5.41) is 0. The van der Waals surface area contributed by atoms with Crippen molar-refractivity contribution in [1.29, 1.82) is 0 Å². The van der Waals surface area contributed by atoms with Crippen molar-refractivity contribution < 1.29 is 4.12 Å². The Morgan fingerprint density at radius 3 is 1.33 bits per heavy atom. The number of nitrogens with two attached hydrogens (primary N) is 2. The fourth-order valence-electron chi connectivity index (χ4n) is 5.47. The second-order valence-corrected chi connectivity index (χ2v) is 19.7. The Kier molecular flexibility index (Phi) is 9.53. The van der Waals surface area contributed by atoms with Crippen LogP contribution in [0.3, 0.4) is 0 Å². The van der Waals surface area contributed by atoms with Gasteiger partial charge in [0.2, 0.25) is 0 Å². The maximum Gasteiger partial charge on any atom is 0.173 e. The van der Waals surface area contributed by atoms with Crippen molar-refractivity contribution in [1.82, 2.24) is 0 Å². The average molecular weight is 413 g/mol. The molecule has 2 fully saturated rings. The molecule has 5 heteroatoms. The molecular weight excluding hydrogens is 364 g/mol. The van der Waals surface area contributed by atoms with Gasteiger partial charge >= 0.3 is 0 Å². The molecule has 0 aliphatic heterocycles. The summed E-state index contributed by atoms with van der Waals surface area (Å²) in [6, 6.07) is 3.22. The van der Waals surface area contributed by atoms with Gasteiger partial charge in [-0.3, -0.25) is 0 Å². The standard InChI is InChI=1S/C22H48N2OSi2/c1-26(2,17-15-21(23)19-11-7-5-8-12-19)25-27(3,4)18-16-22(24)20-13-9-6-10-14-20/h19-22H,5-18,23-24H2,1-4H3. The van der Waals surface area contributed by atoms with Gasteiger partial charge in [-0.05, 0) is 88.6 Å². The first-order valence-corrected chi connectivity index (χ1v) is 18.1. The summed E-state index contributed by atoms with van der Waals surface area (Å²) in [5.74, 6) is 1.53. The monoisotopic (exact) mass is 412 g/mol. The summed E-state index contributed by atoms with van der Waals surface area (Å²) in [4.78, 5) is 0. The maximum absolute atomic E-state index is 6.87. The summed E-state index contributed by atoms with van der Waals surface area (Å²) in [6.07, 6.45) is 16.1. The lowest BCUT2D eigenvalue weighted by Crippen LogP contribution is -2.46. The number of rotatable bonds is 10. The second kappa shape index (κ2) is 10.9. The third kappa shape index (κ3) is 8.69. The molecule has 2 rings (SSSR count). The van der Waals surface area contributed by atoms with Crippen molar-refractivity contribution in [3.63, 3.8) is 0 Å². The summed E-state index contributed by atoms with van der Waals surface area (Å²) in [7, 11) is -3.27. The molecule has 0 heterocycles. The van der Waals surface area contributed by atoms with Gasteiger partial charge in [-0.2, -0.15) is 0 Å². The van der Waals surface area contributed by atoms with Crippen LogP contribution in [0.5, 0.6) is 0 Å². The van der Waals surface area contributed by atoms with E-state index in [4.69, 9.17) is 15.6 Å². The first-order chi connectivity index (χ1) is 12.7. The van der Waals surface area contributed by atoms with Gasteiger partial charge in [-0.15, -0.1) is 0 Å². The highest BCUT2D eigenvalue weighted by atomic mass is 28.4. The summed E-state index contributed by atoms with van der Waals surface area (Å²) in [5.41, 5.74) is 13.1. The molecule has 0 aromatic rings. The van der Waals surface area contributed by atoms with Crippen LogP contribution in [0.25, 0.3) is 0 Å². The highest BCUT2D eigenvalue weighted by Gasteiger charge is 2.34. The van der Waals surface area contributed by atoms with Gasteiger partial charge in [-0.25, -0.2) is 0 Å². The zero-order valence-electron chi connectivity index (χ0n) is 18.8. The molecule has 0 bridgehead atoms. The van der Waals surface area contributed by atoms with Crippen molar-refractivity contribution in [3.05, 3.63) is 0 Å². The van der Waals surface area contributed by atoms with E-state index in [1.54, 1.807) is 0 Å². The van der Waals surface area contributed by atoms with Crippen LogP contribution >= 0.6 is 0 Å². The van der Waals surface area contributed by atoms with Crippen LogP contribution in [-0.4, -0.2) is 28.7 Å². The third-order valence-corrected chi connectivity index (χ3v) is 14.6. The Labute approximate surface area is 171 Å². The Balaban J connectivity index is 1.72. The maximum atomic E-state index is 6.87. The summed E-state index contributed by atoms with van der Waals surface area (Å²) >= 11 is 0. The second-order valence-electron chi connectivity index (χ2n) is 10.8. The molecule has 0 aromatic carbocycles. The van der Waals surface area contributed by atoms with Crippen LogP contribution in [0.15, 0.2) is 0 Å². The quantitative estimate of drug-likeness (QED) is 0.432. The topological polar surface area (TPSA) is 61.3 Å². The molecule has 160 valence electrons. The molecule has 27 heavy (non-hydrogen) atoms. The fraction of sp³-hybridized carbons (Fsp3) is 1.00. The minimum Gasteiger partial charge on any atom is -0.455 e. The van der Waals surface area contributed by atoms with Gasteiger partial charge in [0, 0.05) is 12.1 Å². The first kappa shape index (κ1) is 23.6. The Morgan fingerprint density at radius 2 is 1.00 bits per heavy atom. The summed E-state index contributed by atoms with van der Waals surface area (Å²) < 4.78 is 6.87. The van der Waals surface area contributed by atoms with Gasteiger partial charge in [0.25, 0.3) is 0 Å². The smallest absolute Gasteiger partial charge is 0.173 e. The minimum absolute atomic E-state index is 0.394. The average Bonchev–Trinajstić information content (AvgIpc) is 2.65. The molecule has 0 spiro atoms. The normalized spacial score (nSPS) is 23.3. The highest BCUT2D eigenvalue weighted by Crippen LogP contribution is 2.32. The van der Waals surface area contributed by atoms with E-state index in [-0.39, 0.29) is 0 Å². The lowest BCUT2D eigenvalue weighted by atomic mass is 9.83. The van der Waals surface area contributed by atoms with Crippen molar-refractivity contribution in [3.8, 4) is 0 Å². The van der Waals surface area contributed by atoms with Crippen molar-refractivity contribution in [2.24, 2.45) is 23.3 Å². The van der Waals surface area contributed by atoms with Gasteiger partial charge in [0.05, 0.1) is 0 Å². The van der Waals surface area contributed by atoms with Crippen molar-refractivity contribution in [2.45, 2.75) is 127 Å². The SMILES string of the molecule is C[Si](C)(CCC(N)C1CCCCC1)O[Si](C)(C)CCC(N)C1CCCCC1. The molecule has 2 saturated carbocycles. The Hall–Kier alpha value is 0.314. The van der Waals surface area contributed by atoms with Crippen LogP contribution in [0.1, 0.15) is 77.0 Å². The molecule has 3 nitrogen and oxygen atoms in total. The van der Waals surface area contributed by atoms with Gasteiger partial charge in [-0.1, -0.05) is 38.5 Å². The molecule has 0 aromatic heterocycles. The van der Waals surface area contributed by atoms with Crippen LogP contribution in [0.2, 0.25) is 38.3 Å². The first-order valence-electron chi connectivity index (χ1n) is 11.9. The van der Waals surface area contributed by atoms with E-state index in [0.717, 1.165) is 24.7 Å². The van der Waals surface area contributed by atoms with E-state index in [1.807, 2.05) is 0 Å². The lowest BCUT2D eigenvalue weighted by Gasteiger charge is -2.37. The molecule has 0 saturated heterocycles. The number of hydrogen-bond acceptors (Lipinski definition) is 3. The molecule has 2 aliphatic carbocycles. The van der Waals surface area contributed by atoms with Crippen molar-refractivity contribution >= 4 is 16.6 Å². The zero-order chi connectivity index (χ0) is 19.9. The molecule has 4 N–H and O–H groups in total. The van der Waals surface area contributed by atoms with E-state index in [9.17, 15) is 0 Å². The number of hydrogen-bond donors (Lipinski definition) is 2. The predicted molar refractivity (Wildman–Crippen MR) is 124 cm³/mol. The Bertz CT molecular complexity index is 381. The molecular formula is C22H48N2OSi2. The predicted octanol–water partition coefficient (Wildman–Crippen LogP) is 6.01. The minimum atomic E-state index is -1.64. The van der Waals surface area contributed by atoms with Crippen molar-refractivity contribution in [2.75, 3.05) is 0 Å². The van der Waals surface area contributed by atoms with E-state index in [2.05, 4.69) is 26.2 Å². The molecule has 2 aliphatic rings. The van der Waals surface area contributed by atoms with Gasteiger partial charge in [0.15, 0.2) is 16.6 Å². The van der Waals surface area contributed by atoms with Crippen LogP contribution < -0.4 is 11.5 Å². The molecule has 2 atom stereocenters. The van der Waals surface area contributed by atoms with Crippen LogP contribution in [0.4, 0.5) is 0 Å².